The number of aromatic nitrogens is 2. The standard InChI is InChI=1S/C14H16ClN3/c1-10-9-16-14(15)18-13(10)17-11(2)8-12-6-4-3-5-7-12/h3-7,9,11H,8H2,1-2H3,(H,16,17,18). The normalized spacial score (nSPS) is 12.2. The summed E-state index contributed by atoms with van der Waals surface area (Å²) in [5, 5.41) is 3.64. The molecule has 1 N–H and O–H groups in total. The summed E-state index contributed by atoms with van der Waals surface area (Å²) >= 11 is 5.80. The molecule has 0 aliphatic heterocycles. The summed E-state index contributed by atoms with van der Waals surface area (Å²) in [6, 6.07) is 10.7. The van der Waals surface area contributed by atoms with Gasteiger partial charge in [-0.15, -0.1) is 0 Å². The van der Waals surface area contributed by atoms with E-state index in [0.29, 0.717) is 0 Å². The Hall–Kier alpha value is -1.61. The van der Waals surface area contributed by atoms with Gasteiger partial charge in [0.05, 0.1) is 0 Å². The Kier molecular flexibility index (Phi) is 4.15. The maximum Gasteiger partial charge on any atom is 0.224 e. The highest BCUT2D eigenvalue weighted by Crippen LogP contribution is 2.15. The molecule has 0 aliphatic carbocycles. The van der Waals surface area contributed by atoms with E-state index in [1.165, 1.54) is 5.56 Å². The topological polar surface area (TPSA) is 37.8 Å². The van der Waals surface area contributed by atoms with Crippen LogP contribution in [-0.2, 0) is 6.42 Å². The number of benzene rings is 1. The van der Waals surface area contributed by atoms with Gasteiger partial charge in [-0.25, -0.2) is 9.97 Å². The third-order valence-corrected chi connectivity index (χ3v) is 2.89. The van der Waals surface area contributed by atoms with E-state index in [0.717, 1.165) is 17.8 Å². The van der Waals surface area contributed by atoms with Crippen LogP contribution >= 0.6 is 11.6 Å². The summed E-state index contributed by atoms with van der Waals surface area (Å²) in [7, 11) is 0. The van der Waals surface area contributed by atoms with Crippen LogP contribution in [0.2, 0.25) is 5.28 Å². The number of nitrogens with one attached hydrogen (secondary N) is 1. The van der Waals surface area contributed by atoms with E-state index < -0.39 is 0 Å². The fourth-order valence-corrected chi connectivity index (χ4v) is 1.95. The van der Waals surface area contributed by atoms with Gasteiger partial charge in [0.1, 0.15) is 5.82 Å². The first-order valence-corrected chi connectivity index (χ1v) is 6.32. The predicted molar refractivity (Wildman–Crippen MR) is 75.0 cm³/mol. The maximum atomic E-state index is 5.80. The molecule has 0 radical (unpaired) electrons. The molecule has 0 amide bonds. The van der Waals surface area contributed by atoms with Crippen molar-refractivity contribution < 1.29 is 0 Å². The Morgan fingerprint density at radius 2 is 2.00 bits per heavy atom. The van der Waals surface area contributed by atoms with Gasteiger partial charge in [0.25, 0.3) is 0 Å². The fraction of sp³-hybridized carbons (Fsp3) is 0.286. The van der Waals surface area contributed by atoms with Crippen LogP contribution in [0.1, 0.15) is 18.1 Å². The van der Waals surface area contributed by atoms with Crippen molar-refractivity contribution >= 4 is 17.4 Å². The number of hydrogen-bond donors (Lipinski definition) is 1. The van der Waals surface area contributed by atoms with Gasteiger partial charge in [-0.05, 0) is 37.4 Å². The Morgan fingerprint density at radius 1 is 1.28 bits per heavy atom. The Labute approximate surface area is 112 Å². The first-order chi connectivity index (χ1) is 8.65. The van der Waals surface area contributed by atoms with E-state index >= 15 is 0 Å². The Morgan fingerprint density at radius 3 is 2.72 bits per heavy atom. The average molecular weight is 262 g/mol. The lowest BCUT2D eigenvalue weighted by Crippen LogP contribution is -2.19. The molecule has 94 valence electrons. The van der Waals surface area contributed by atoms with Crippen LogP contribution < -0.4 is 5.32 Å². The van der Waals surface area contributed by atoms with Gasteiger partial charge in [0.15, 0.2) is 0 Å². The number of hydrogen-bond acceptors (Lipinski definition) is 3. The van der Waals surface area contributed by atoms with Crippen molar-refractivity contribution in [3.05, 3.63) is 52.9 Å². The van der Waals surface area contributed by atoms with Crippen molar-refractivity contribution in [3.63, 3.8) is 0 Å². The minimum Gasteiger partial charge on any atom is -0.367 e. The average Bonchev–Trinajstić information content (AvgIpc) is 2.35. The molecule has 0 aliphatic rings. The number of aryl methyl sites for hydroxylation is 1. The minimum atomic E-state index is 0.273. The fourth-order valence-electron chi connectivity index (χ4n) is 1.82. The van der Waals surface area contributed by atoms with Crippen LogP contribution in [0.3, 0.4) is 0 Å². The summed E-state index contributed by atoms with van der Waals surface area (Å²) < 4.78 is 0. The predicted octanol–water partition coefficient (Wildman–Crippen LogP) is 3.48. The third-order valence-electron chi connectivity index (χ3n) is 2.71. The van der Waals surface area contributed by atoms with E-state index in [1.807, 2.05) is 13.0 Å². The van der Waals surface area contributed by atoms with Crippen molar-refractivity contribution in [2.75, 3.05) is 5.32 Å². The van der Waals surface area contributed by atoms with E-state index in [2.05, 4.69) is 46.5 Å². The molecule has 0 fully saturated rings. The third kappa shape index (κ3) is 3.44. The minimum absolute atomic E-state index is 0.273. The molecular weight excluding hydrogens is 246 g/mol. The van der Waals surface area contributed by atoms with Crippen LogP contribution in [0, 0.1) is 6.92 Å². The molecular formula is C14H16ClN3. The summed E-state index contributed by atoms with van der Waals surface area (Å²) in [5.41, 5.74) is 2.30. The van der Waals surface area contributed by atoms with Crippen molar-refractivity contribution in [2.45, 2.75) is 26.3 Å². The SMILES string of the molecule is Cc1cnc(Cl)nc1NC(C)Cc1ccccc1. The van der Waals surface area contributed by atoms with E-state index in [-0.39, 0.29) is 11.3 Å². The van der Waals surface area contributed by atoms with Crippen molar-refractivity contribution in [1.82, 2.24) is 9.97 Å². The second-order valence-electron chi connectivity index (χ2n) is 4.41. The van der Waals surface area contributed by atoms with Gasteiger partial charge < -0.3 is 5.32 Å². The second-order valence-corrected chi connectivity index (χ2v) is 4.74. The molecule has 3 nitrogen and oxygen atoms in total. The molecule has 2 aromatic rings. The van der Waals surface area contributed by atoms with Crippen LogP contribution in [-0.4, -0.2) is 16.0 Å². The highest BCUT2D eigenvalue weighted by molar-refractivity contribution is 6.28. The Balaban J connectivity index is 2.03. The molecule has 0 spiro atoms. The quantitative estimate of drug-likeness (QED) is 0.857. The molecule has 2 rings (SSSR count). The molecule has 18 heavy (non-hydrogen) atoms. The van der Waals surface area contributed by atoms with Gasteiger partial charge >= 0.3 is 0 Å². The van der Waals surface area contributed by atoms with Crippen molar-refractivity contribution in [2.24, 2.45) is 0 Å². The molecule has 1 unspecified atom stereocenters. The summed E-state index contributed by atoms with van der Waals surface area (Å²) in [4.78, 5) is 8.14. The smallest absolute Gasteiger partial charge is 0.224 e. The van der Waals surface area contributed by atoms with E-state index in [9.17, 15) is 0 Å². The number of anilines is 1. The molecule has 1 heterocycles. The molecule has 1 atom stereocenters. The van der Waals surface area contributed by atoms with Crippen LogP contribution in [0.25, 0.3) is 0 Å². The van der Waals surface area contributed by atoms with Crippen LogP contribution in [0.15, 0.2) is 36.5 Å². The lowest BCUT2D eigenvalue weighted by atomic mass is 10.1. The zero-order valence-electron chi connectivity index (χ0n) is 10.5. The second kappa shape index (κ2) is 5.83. The summed E-state index contributed by atoms with van der Waals surface area (Å²) in [5.74, 6) is 0.804. The maximum absolute atomic E-state index is 5.80. The molecule has 0 saturated heterocycles. The van der Waals surface area contributed by atoms with Crippen LogP contribution in [0.4, 0.5) is 5.82 Å². The lowest BCUT2D eigenvalue weighted by molar-refractivity contribution is 0.782. The first-order valence-electron chi connectivity index (χ1n) is 5.95. The lowest BCUT2D eigenvalue weighted by Gasteiger charge is -2.16. The summed E-state index contributed by atoms with van der Waals surface area (Å²) in [6.45, 7) is 4.09. The van der Waals surface area contributed by atoms with Gasteiger partial charge in [0.2, 0.25) is 5.28 Å². The monoisotopic (exact) mass is 261 g/mol. The molecule has 4 heteroatoms. The molecule has 1 aromatic carbocycles. The number of rotatable bonds is 4. The number of nitrogens with zero attached hydrogens (tertiary/aromatic N) is 2. The zero-order valence-corrected chi connectivity index (χ0v) is 11.3. The van der Waals surface area contributed by atoms with Crippen molar-refractivity contribution in [3.8, 4) is 0 Å². The van der Waals surface area contributed by atoms with Crippen LogP contribution in [0.5, 0.6) is 0 Å². The number of halogens is 1. The van der Waals surface area contributed by atoms with Gasteiger partial charge in [-0.2, -0.15) is 0 Å². The molecule has 1 aromatic heterocycles. The Bertz CT molecular complexity index is 514. The van der Waals surface area contributed by atoms with Crippen molar-refractivity contribution in [1.29, 1.82) is 0 Å². The van der Waals surface area contributed by atoms with E-state index in [4.69, 9.17) is 11.6 Å². The molecule has 0 bridgehead atoms. The largest absolute Gasteiger partial charge is 0.367 e. The first kappa shape index (κ1) is 12.8. The summed E-state index contributed by atoms with van der Waals surface area (Å²) in [6.07, 6.45) is 2.68. The highest BCUT2D eigenvalue weighted by atomic mass is 35.5. The van der Waals surface area contributed by atoms with Gasteiger partial charge in [-0.3, -0.25) is 0 Å². The highest BCUT2D eigenvalue weighted by Gasteiger charge is 2.07. The zero-order chi connectivity index (χ0) is 13.0. The molecule has 0 saturated carbocycles. The van der Waals surface area contributed by atoms with Gasteiger partial charge in [0, 0.05) is 17.8 Å². The van der Waals surface area contributed by atoms with Gasteiger partial charge in [-0.1, -0.05) is 30.3 Å². The van der Waals surface area contributed by atoms with E-state index in [1.54, 1.807) is 6.20 Å².